The second kappa shape index (κ2) is 4.61. The van der Waals surface area contributed by atoms with Crippen molar-refractivity contribution < 1.29 is 4.74 Å². The second-order valence-electron chi connectivity index (χ2n) is 6.43. The second-order valence-corrected chi connectivity index (χ2v) is 6.99. The van der Waals surface area contributed by atoms with Crippen LogP contribution in [0.15, 0.2) is 0 Å². The number of alkyl halides is 1. The van der Waals surface area contributed by atoms with Crippen LogP contribution in [-0.4, -0.2) is 18.5 Å². The van der Waals surface area contributed by atoms with Crippen LogP contribution < -0.4 is 0 Å². The summed E-state index contributed by atoms with van der Waals surface area (Å²) in [4.78, 5) is 0. The van der Waals surface area contributed by atoms with Gasteiger partial charge in [0.05, 0.1) is 6.61 Å². The molecule has 0 N–H and O–H groups in total. The Balaban J connectivity index is 1.63. The lowest BCUT2D eigenvalue weighted by Crippen LogP contribution is -2.36. The Labute approximate surface area is 107 Å². The zero-order valence-corrected chi connectivity index (χ0v) is 11.7. The molecular formula is C14H23BrO. The number of hydrogen-bond acceptors (Lipinski definition) is 1. The number of fused-ring (bicyclic) bond motifs is 2. The van der Waals surface area contributed by atoms with Crippen LogP contribution >= 0.6 is 15.9 Å². The summed E-state index contributed by atoms with van der Waals surface area (Å²) in [5.74, 6) is 3.19. The normalized spacial score (nSPS) is 47.4. The Kier molecular flexibility index (Phi) is 3.32. The van der Waals surface area contributed by atoms with E-state index in [1.807, 2.05) is 0 Å². The SMILES string of the molecule is BrCC1(CC2CC3CCC2C3)CCCOC1. The first-order valence-electron chi connectivity index (χ1n) is 6.95. The monoisotopic (exact) mass is 286 g/mol. The molecule has 3 fully saturated rings. The van der Waals surface area contributed by atoms with E-state index in [2.05, 4.69) is 15.9 Å². The molecule has 0 spiro atoms. The lowest BCUT2D eigenvalue weighted by Gasteiger charge is -2.39. The van der Waals surface area contributed by atoms with Crippen LogP contribution in [0.2, 0.25) is 0 Å². The van der Waals surface area contributed by atoms with Crippen molar-refractivity contribution in [2.75, 3.05) is 18.5 Å². The fraction of sp³-hybridized carbons (Fsp3) is 1.00. The first kappa shape index (κ1) is 11.5. The highest BCUT2D eigenvalue weighted by Crippen LogP contribution is 2.53. The van der Waals surface area contributed by atoms with Crippen LogP contribution in [0.4, 0.5) is 0 Å². The third-order valence-electron chi connectivity index (χ3n) is 5.27. The van der Waals surface area contributed by atoms with Crippen molar-refractivity contribution in [2.24, 2.45) is 23.2 Å². The molecule has 0 aromatic rings. The Bertz CT molecular complexity index is 247. The number of ether oxygens (including phenoxy) is 1. The van der Waals surface area contributed by atoms with Crippen molar-refractivity contribution in [3.63, 3.8) is 0 Å². The largest absolute Gasteiger partial charge is 0.381 e. The molecule has 2 aliphatic carbocycles. The van der Waals surface area contributed by atoms with E-state index in [1.54, 1.807) is 6.42 Å². The van der Waals surface area contributed by atoms with Crippen molar-refractivity contribution in [1.82, 2.24) is 0 Å². The average molecular weight is 287 g/mol. The molecular weight excluding hydrogens is 264 g/mol. The molecule has 4 atom stereocenters. The standard InChI is InChI=1S/C14H23BrO/c15-9-14(4-1-5-16-10-14)8-13-7-11-2-3-12(13)6-11/h11-13H,1-10H2. The van der Waals surface area contributed by atoms with Crippen molar-refractivity contribution in [3.05, 3.63) is 0 Å². The van der Waals surface area contributed by atoms with E-state index in [9.17, 15) is 0 Å². The molecule has 3 rings (SSSR count). The highest BCUT2D eigenvalue weighted by molar-refractivity contribution is 9.09. The molecule has 1 heterocycles. The lowest BCUT2D eigenvalue weighted by atomic mass is 9.72. The van der Waals surface area contributed by atoms with Crippen LogP contribution in [-0.2, 0) is 4.74 Å². The van der Waals surface area contributed by atoms with Crippen LogP contribution in [0, 0.1) is 23.2 Å². The van der Waals surface area contributed by atoms with Crippen molar-refractivity contribution >= 4 is 15.9 Å². The minimum Gasteiger partial charge on any atom is -0.381 e. The minimum absolute atomic E-state index is 0.480. The van der Waals surface area contributed by atoms with E-state index in [0.717, 1.165) is 36.3 Å². The molecule has 3 aliphatic rings. The summed E-state index contributed by atoms with van der Waals surface area (Å²) in [6.45, 7) is 2.00. The predicted molar refractivity (Wildman–Crippen MR) is 69.8 cm³/mol. The van der Waals surface area contributed by atoms with Gasteiger partial charge in [-0.25, -0.2) is 0 Å². The fourth-order valence-corrected chi connectivity index (χ4v) is 5.08. The third-order valence-corrected chi connectivity index (χ3v) is 6.46. The molecule has 0 aromatic heterocycles. The Hall–Kier alpha value is 0.440. The zero-order valence-electron chi connectivity index (χ0n) is 10.1. The van der Waals surface area contributed by atoms with E-state index >= 15 is 0 Å². The van der Waals surface area contributed by atoms with Gasteiger partial charge in [0.15, 0.2) is 0 Å². The molecule has 2 bridgehead atoms. The topological polar surface area (TPSA) is 9.23 Å². The van der Waals surface area contributed by atoms with Gasteiger partial charge in [-0.05, 0) is 56.3 Å². The summed E-state index contributed by atoms with van der Waals surface area (Å²) in [5.41, 5.74) is 0.480. The van der Waals surface area contributed by atoms with Gasteiger partial charge in [-0.2, -0.15) is 0 Å². The van der Waals surface area contributed by atoms with Crippen molar-refractivity contribution in [1.29, 1.82) is 0 Å². The van der Waals surface area contributed by atoms with Gasteiger partial charge in [0.25, 0.3) is 0 Å². The highest BCUT2D eigenvalue weighted by Gasteiger charge is 2.44. The maximum atomic E-state index is 5.74. The number of hydrogen-bond donors (Lipinski definition) is 0. The molecule has 2 heteroatoms. The van der Waals surface area contributed by atoms with Crippen LogP contribution in [0.25, 0.3) is 0 Å². The molecule has 16 heavy (non-hydrogen) atoms. The van der Waals surface area contributed by atoms with Crippen LogP contribution in [0.5, 0.6) is 0 Å². The Morgan fingerprint density at radius 1 is 1.25 bits per heavy atom. The average Bonchev–Trinajstić information content (AvgIpc) is 2.92. The van der Waals surface area contributed by atoms with Crippen LogP contribution in [0.3, 0.4) is 0 Å². The van der Waals surface area contributed by atoms with Crippen molar-refractivity contribution in [3.8, 4) is 0 Å². The first-order valence-corrected chi connectivity index (χ1v) is 8.07. The quantitative estimate of drug-likeness (QED) is 0.713. The maximum absolute atomic E-state index is 5.74. The fourth-order valence-electron chi connectivity index (χ4n) is 4.41. The Morgan fingerprint density at radius 2 is 2.19 bits per heavy atom. The summed E-state index contributed by atoms with van der Waals surface area (Å²) >= 11 is 3.75. The van der Waals surface area contributed by atoms with Gasteiger partial charge in [-0.3, -0.25) is 0 Å². The van der Waals surface area contributed by atoms with Gasteiger partial charge in [-0.15, -0.1) is 0 Å². The summed E-state index contributed by atoms with van der Waals surface area (Å²) in [5, 5.41) is 1.15. The summed E-state index contributed by atoms with van der Waals surface area (Å²) < 4.78 is 5.74. The van der Waals surface area contributed by atoms with Gasteiger partial charge in [0.2, 0.25) is 0 Å². The summed E-state index contributed by atoms with van der Waals surface area (Å²) in [6.07, 6.45) is 10.2. The van der Waals surface area contributed by atoms with Gasteiger partial charge < -0.3 is 4.74 Å². The zero-order chi connectivity index (χ0) is 11.0. The molecule has 92 valence electrons. The lowest BCUT2D eigenvalue weighted by molar-refractivity contribution is -0.0113. The van der Waals surface area contributed by atoms with Gasteiger partial charge in [0, 0.05) is 17.4 Å². The molecule has 0 aromatic carbocycles. The predicted octanol–water partition coefficient (Wildman–Crippen LogP) is 4.00. The van der Waals surface area contributed by atoms with E-state index in [0.29, 0.717) is 5.41 Å². The summed E-state index contributed by atoms with van der Waals surface area (Å²) in [7, 11) is 0. The number of rotatable bonds is 3. The summed E-state index contributed by atoms with van der Waals surface area (Å²) in [6, 6.07) is 0. The molecule has 2 saturated carbocycles. The van der Waals surface area contributed by atoms with Crippen molar-refractivity contribution in [2.45, 2.75) is 44.9 Å². The van der Waals surface area contributed by atoms with E-state index < -0.39 is 0 Å². The molecule has 0 amide bonds. The van der Waals surface area contributed by atoms with E-state index in [4.69, 9.17) is 4.74 Å². The van der Waals surface area contributed by atoms with E-state index in [-0.39, 0.29) is 0 Å². The molecule has 1 nitrogen and oxygen atoms in total. The van der Waals surface area contributed by atoms with Crippen LogP contribution in [0.1, 0.15) is 44.9 Å². The minimum atomic E-state index is 0.480. The molecule has 1 saturated heterocycles. The molecule has 0 radical (unpaired) electrons. The van der Waals surface area contributed by atoms with E-state index in [1.165, 1.54) is 38.5 Å². The Morgan fingerprint density at radius 3 is 2.75 bits per heavy atom. The first-order chi connectivity index (χ1) is 7.81. The maximum Gasteiger partial charge on any atom is 0.0530 e. The number of halogens is 1. The molecule has 1 aliphatic heterocycles. The van der Waals surface area contributed by atoms with Gasteiger partial charge in [0.1, 0.15) is 0 Å². The van der Waals surface area contributed by atoms with Gasteiger partial charge in [-0.1, -0.05) is 22.4 Å². The highest BCUT2D eigenvalue weighted by atomic mass is 79.9. The molecule has 4 unspecified atom stereocenters. The smallest absolute Gasteiger partial charge is 0.0530 e. The van der Waals surface area contributed by atoms with Gasteiger partial charge >= 0.3 is 0 Å². The third kappa shape index (κ3) is 2.08.